The zero-order chi connectivity index (χ0) is 11.9. The summed E-state index contributed by atoms with van der Waals surface area (Å²) in [7, 11) is -4.32. The molecule has 84 valence electrons. The van der Waals surface area contributed by atoms with Gasteiger partial charge in [0, 0.05) is 12.0 Å². The number of fused-ring (bicyclic) bond motifs is 1. The van der Waals surface area contributed by atoms with Gasteiger partial charge in [0.2, 0.25) is 5.78 Å². The summed E-state index contributed by atoms with van der Waals surface area (Å²) in [6, 6.07) is 3.43. The number of hydrogen-bond donors (Lipinski definition) is 1. The zero-order valence-corrected chi connectivity index (χ0v) is 8.65. The molecule has 0 unspecified atom stereocenters. The third-order valence-corrected chi connectivity index (χ3v) is 2.96. The molecule has 1 heterocycles. The number of hydrogen-bond acceptors (Lipinski definition) is 5. The number of Topliss-reactive ketones (excluding diaryl/α,β-unsaturated/α-hetero) is 1. The Labute approximate surface area is 90.6 Å². The first kappa shape index (κ1) is 10.8. The van der Waals surface area contributed by atoms with E-state index in [-0.39, 0.29) is 22.6 Å². The molecule has 0 saturated carbocycles. The summed E-state index contributed by atoms with van der Waals surface area (Å²) in [5, 5.41) is 0. The standard InChI is InChI=1S/C9H6O6S/c10-7-4-5-3-6(16(12,13)14)1-2-8(5)15-9(7)11/h1-3H,4H2,(H,12,13,14). The van der Waals surface area contributed by atoms with E-state index in [1.165, 1.54) is 6.07 Å². The SMILES string of the molecule is O=C1Cc2cc(S(=O)(=O)O)ccc2OC1=O. The summed E-state index contributed by atoms with van der Waals surface area (Å²) in [4.78, 5) is 21.6. The Morgan fingerprint density at radius 1 is 1.25 bits per heavy atom. The van der Waals surface area contributed by atoms with Crippen LogP contribution in [0.5, 0.6) is 5.75 Å². The number of ether oxygens (including phenoxy) is 1. The zero-order valence-electron chi connectivity index (χ0n) is 7.84. The summed E-state index contributed by atoms with van der Waals surface area (Å²) in [6.07, 6.45) is -0.225. The van der Waals surface area contributed by atoms with Crippen molar-refractivity contribution >= 4 is 21.9 Å². The fraction of sp³-hybridized carbons (Fsp3) is 0.111. The lowest BCUT2D eigenvalue weighted by molar-refractivity contribution is -0.147. The highest BCUT2D eigenvalue weighted by atomic mass is 32.2. The number of rotatable bonds is 1. The molecule has 1 aromatic rings. The van der Waals surface area contributed by atoms with E-state index in [0.29, 0.717) is 0 Å². The Morgan fingerprint density at radius 3 is 2.56 bits per heavy atom. The van der Waals surface area contributed by atoms with Gasteiger partial charge in [0.15, 0.2) is 0 Å². The Bertz CT molecular complexity index is 586. The van der Waals surface area contributed by atoms with Gasteiger partial charge in [0.05, 0.1) is 4.90 Å². The second-order valence-electron chi connectivity index (χ2n) is 3.23. The highest BCUT2D eigenvalue weighted by Crippen LogP contribution is 2.26. The minimum absolute atomic E-state index is 0.136. The van der Waals surface area contributed by atoms with Crippen LogP contribution < -0.4 is 4.74 Å². The Hall–Kier alpha value is -1.73. The van der Waals surface area contributed by atoms with Crippen molar-refractivity contribution < 1.29 is 27.3 Å². The maximum atomic E-state index is 11.0. The largest absolute Gasteiger partial charge is 0.420 e. The molecule has 0 bridgehead atoms. The lowest BCUT2D eigenvalue weighted by Crippen LogP contribution is -2.27. The van der Waals surface area contributed by atoms with Crippen LogP contribution >= 0.6 is 0 Å². The van der Waals surface area contributed by atoms with Crippen molar-refractivity contribution in [2.45, 2.75) is 11.3 Å². The first-order valence-electron chi connectivity index (χ1n) is 4.23. The molecule has 1 aliphatic heterocycles. The van der Waals surface area contributed by atoms with Crippen molar-refractivity contribution in [1.82, 2.24) is 0 Å². The molecule has 0 aromatic heterocycles. The Balaban J connectivity index is 2.52. The monoisotopic (exact) mass is 242 g/mol. The van der Waals surface area contributed by atoms with E-state index in [1.54, 1.807) is 0 Å². The van der Waals surface area contributed by atoms with E-state index >= 15 is 0 Å². The lowest BCUT2D eigenvalue weighted by atomic mass is 10.1. The Morgan fingerprint density at radius 2 is 1.94 bits per heavy atom. The highest BCUT2D eigenvalue weighted by molar-refractivity contribution is 7.85. The summed E-state index contributed by atoms with van der Waals surface area (Å²) in [5.41, 5.74) is 0.264. The molecule has 0 radical (unpaired) electrons. The molecule has 1 aromatic carbocycles. The minimum atomic E-state index is -4.32. The van der Waals surface area contributed by atoms with E-state index in [1.807, 2.05) is 0 Å². The average molecular weight is 242 g/mol. The first-order valence-corrected chi connectivity index (χ1v) is 5.67. The van der Waals surface area contributed by atoms with Crippen molar-refractivity contribution in [3.05, 3.63) is 23.8 Å². The second-order valence-corrected chi connectivity index (χ2v) is 4.66. The van der Waals surface area contributed by atoms with E-state index in [0.717, 1.165) is 12.1 Å². The molecule has 0 aliphatic carbocycles. The van der Waals surface area contributed by atoms with Crippen LogP contribution in [0.3, 0.4) is 0 Å². The maximum absolute atomic E-state index is 11.0. The van der Waals surface area contributed by atoms with Gasteiger partial charge >= 0.3 is 5.97 Å². The predicted molar refractivity (Wildman–Crippen MR) is 50.6 cm³/mol. The fourth-order valence-corrected chi connectivity index (χ4v) is 1.89. The molecule has 0 spiro atoms. The second kappa shape index (κ2) is 3.39. The molecule has 7 heteroatoms. The van der Waals surface area contributed by atoms with Crippen LogP contribution in [-0.4, -0.2) is 24.7 Å². The normalized spacial score (nSPS) is 15.6. The minimum Gasteiger partial charge on any atom is -0.420 e. The Kier molecular flexibility index (Phi) is 2.28. The highest BCUT2D eigenvalue weighted by Gasteiger charge is 2.26. The van der Waals surface area contributed by atoms with E-state index < -0.39 is 21.9 Å². The summed E-state index contributed by atoms with van der Waals surface area (Å²) < 4.78 is 35.1. The number of carbonyl (C=O) groups excluding carboxylic acids is 2. The van der Waals surface area contributed by atoms with E-state index in [9.17, 15) is 18.0 Å². The van der Waals surface area contributed by atoms with Crippen LogP contribution in [0.4, 0.5) is 0 Å². The molecule has 2 rings (SSSR count). The molecular formula is C9H6O6S. The third-order valence-electron chi connectivity index (χ3n) is 2.11. The molecule has 16 heavy (non-hydrogen) atoms. The average Bonchev–Trinajstić information content (AvgIpc) is 2.17. The van der Waals surface area contributed by atoms with Gasteiger partial charge in [0.25, 0.3) is 10.1 Å². The van der Waals surface area contributed by atoms with Gasteiger partial charge < -0.3 is 4.74 Å². The van der Waals surface area contributed by atoms with Crippen molar-refractivity contribution in [1.29, 1.82) is 0 Å². The van der Waals surface area contributed by atoms with Crippen LogP contribution in [-0.2, 0) is 26.1 Å². The molecular weight excluding hydrogens is 236 g/mol. The topological polar surface area (TPSA) is 97.7 Å². The van der Waals surface area contributed by atoms with Crippen LogP contribution in [0.15, 0.2) is 23.1 Å². The summed E-state index contributed by atoms with van der Waals surface area (Å²) in [6.45, 7) is 0. The van der Waals surface area contributed by atoms with E-state index in [2.05, 4.69) is 4.74 Å². The predicted octanol–water partition coefficient (Wildman–Crippen LogP) is -0.0361. The molecule has 6 nitrogen and oxygen atoms in total. The van der Waals surface area contributed by atoms with Gasteiger partial charge in [-0.25, -0.2) is 4.79 Å². The summed E-state index contributed by atoms with van der Waals surface area (Å²) in [5.74, 6) is -1.58. The first-order chi connectivity index (χ1) is 7.38. The fourth-order valence-electron chi connectivity index (χ4n) is 1.36. The molecule has 1 N–H and O–H groups in total. The molecule has 0 saturated heterocycles. The van der Waals surface area contributed by atoms with Gasteiger partial charge in [-0.15, -0.1) is 0 Å². The molecule has 1 aliphatic rings. The van der Waals surface area contributed by atoms with Crippen molar-refractivity contribution in [3.8, 4) is 5.75 Å². The van der Waals surface area contributed by atoms with Crippen molar-refractivity contribution in [2.24, 2.45) is 0 Å². The number of carbonyl (C=O) groups is 2. The van der Waals surface area contributed by atoms with Gasteiger partial charge in [-0.2, -0.15) is 8.42 Å². The van der Waals surface area contributed by atoms with Gasteiger partial charge in [0.1, 0.15) is 5.75 Å². The summed E-state index contributed by atoms with van der Waals surface area (Å²) >= 11 is 0. The smallest absolute Gasteiger partial charge is 0.380 e. The number of benzene rings is 1. The maximum Gasteiger partial charge on any atom is 0.380 e. The van der Waals surface area contributed by atoms with Crippen molar-refractivity contribution in [3.63, 3.8) is 0 Å². The third kappa shape index (κ3) is 1.82. The van der Waals surface area contributed by atoms with Crippen LogP contribution in [0.25, 0.3) is 0 Å². The van der Waals surface area contributed by atoms with E-state index in [4.69, 9.17) is 4.55 Å². The van der Waals surface area contributed by atoms with Crippen molar-refractivity contribution in [2.75, 3.05) is 0 Å². The van der Waals surface area contributed by atoms with Gasteiger partial charge in [-0.3, -0.25) is 9.35 Å². The molecule has 0 amide bonds. The van der Waals surface area contributed by atoms with Gasteiger partial charge in [-0.1, -0.05) is 0 Å². The number of esters is 1. The molecule has 0 fully saturated rings. The van der Waals surface area contributed by atoms with Crippen LogP contribution in [0.1, 0.15) is 5.56 Å². The number of ketones is 1. The van der Waals surface area contributed by atoms with Crippen LogP contribution in [0, 0.1) is 0 Å². The quantitative estimate of drug-likeness (QED) is 0.321. The van der Waals surface area contributed by atoms with Gasteiger partial charge in [-0.05, 0) is 18.2 Å². The molecule has 0 atom stereocenters. The lowest BCUT2D eigenvalue weighted by Gasteiger charge is -2.14. The van der Waals surface area contributed by atoms with Crippen LogP contribution in [0.2, 0.25) is 0 Å².